The fourth-order valence-electron chi connectivity index (χ4n) is 1.62. The maximum atomic E-state index is 11.8. The number of nitrogens with zero attached hydrogens (tertiary/aromatic N) is 1. The molecule has 6 heteroatoms. The third-order valence-corrected chi connectivity index (χ3v) is 2.78. The number of hydrogen-bond donors (Lipinski definition) is 3. The van der Waals surface area contributed by atoms with Crippen LogP contribution < -0.4 is 15.9 Å². The molecule has 0 radical (unpaired) electrons. The highest BCUT2D eigenvalue weighted by Gasteiger charge is 2.04. The standard InChI is InChI=1S/C15H15N3O3/c1-21-13-7-4-11(14(19)8-13)9-17-18-15(20)10-2-5-12(16)6-3-10/h2-9,19H,16H2,1H3,(H,18,20)/b17-9-. The molecule has 0 saturated carbocycles. The van der Waals surface area contributed by atoms with Crippen LogP contribution in [0.25, 0.3) is 0 Å². The van der Waals surface area contributed by atoms with Gasteiger partial charge in [-0.2, -0.15) is 5.10 Å². The third-order valence-electron chi connectivity index (χ3n) is 2.78. The van der Waals surface area contributed by atoms with E-state index in [1.165, 1.54) is 19.4 Å². The number of amides is 1. The van der Waals surface area contributed by atoms with Crippen LogP contribution in [0.4, 0.5) is 5.69 Å². The summed E-state index contributed by atoms with van der Waals surface area (Å²) in [4.78, 5) is 11.8. The molecule has 0 aromatic heterocycles. The third kappa shape index (κ3) is 3.73. The van der Waals surface area contributed by atoms with Crippen LogP contribution in [0.1, 0.15) is 15.9 Å². The monoisotopic (exact) mass is 285 g/mol. The first-order valence-electron chi connectivity index (χ1n) is 6.16. The molecular formula is C15H15N3O3. The smallest absolute Gasteiger partial charge is 0.271 e. The Labute approximate surface area is 121 Å². The van der Waals surface area contributed by atoms with Crippen molar-refractivity contribution in [2.24, 2.45) is 5.10 Å². The highest BCUT2D eigenvalue weighted by Crippen LogP contribution is 2.21. The van der Waals surface area contributed by atoms with E-state index in [0.29, 0.717) is 22.6 Å². The second-order valence-corrected chi connectivity index (χ2v) is 4.25. The molecule has 0 aliphatic carbocycles. The molecule has 2 aromatic rings. The SMILES string of the molecule is COc1ccc(/C=N\NC(=O)c2ccc(N)cc2)c(O)c1. The van der Waals surface area contributed by atoms with Gasteiger partial charge in [0.2, 0.25) is 0 Å². The molecule has 108 valence electrons. The summed E-state index contributed by atoms with van der Waals surface area (Å²) in [5.41, 5.74) is 9.41. The minimum atomic E-state index is -0.362. The minimum Gasteiger partial charge on any atom is -0.507 e. The van der Waals surface area contributed by atoms with Crippen LogP contribution in [0, 0.1) is 0 Å². The first-order valence-corrected chi connectivity index (χ1v) is 6.16. The molecule has 0 heterocycles. The number of aromatic hydroxyl groups is 1. The molecule has 2 aromatic carbocycles. The molecule has 4 N–H and O–H groups in total. The summed E-state index contributed by atoms with van der Waals surface area (Å²) < 4.78 is 4.98. The van der Waals surface area contributed by atoms with Crippen molar-refractivity contribution in [3.05, 3.63) is 53.6 Å². The van der Waals surface area contributed by atoms with E-state index in [4.69, 9.17) is 10.5 Å². The number of nitrogens with two attached hydrogens (primary N) is 1. The molecule has 0 spiro atoms. The van der Waals surface area contributed by atoms with Gasteiger partial charge in [0.25, 0.3) is 5.91 Å². The number of hydrogen-bond acceptors (Lipinski definition) is 5. The maximum absolute atomic E-state index is 11.8. The summed E-state index contributed by atoms with van der Waals surface area (Å²) in [5, 5.41) is 13.5. The van der Waals surface area contributed by atoms with Crippen molar-refractivity contribution in [2.75, 3.05) is 12.8 Å². The van der Waals surface area contributed by atoms with Crippen molar-refractivity contribution in [3.63, 3.8) is 0 Å². The second kappa shape index (κ2) is 6.42. The average Bonchev–Trinajstić information content (AvgIpc) is 2.49. The van der Waals surface area contributed by atoms with Gasteiger partial charge in [-0.1, -0.05) is 0 Å². The van der Waals surface area contributed by atoms with Gasteiger partial charge in [0.1, 0.15) is 11.5 Å². The molecule has 0 fully saturated rings. The molecule has 0 bridgehead atoms. The Bertz CT molecular complexity index is 666. The van der Waals surface area contributed by atoms with Crippen molar-refractivity contribution >= 4 is 17.8 Å². The van der Waals surface area contributed by atoms with E-state index in [9.17, 15) is 9.90 Å². The summed E-state index contributed by atoms with van der Waals surface area (Å²) in [5.74, 6) is 0.189. The maximum Gasteiger partial charge on any atom is 0.271 e. The Balaban J connectivity index is 2.02. The number of anilines is 1. The lowest BCUT2D eigenvalue weighted by Crippen LogP contribution is -2.17. The van der Waals surface area contributed by atoms with Gasteiger partial charge in [-0.25, -0.2) is 5.43 Å². The first-order chi connectivity index (χ1) is 10.1. The van der Waals surface area contributed by atoms with Gasteiger partial charge in [-0.05, 0) is 36.4 Å². The highest BCUT2D eigenvalue weighted by atomic mass is 16.5. The predicted molar refractivity (Wildman–Crippen MR) is 80.6 cm³/mol. The van der Waals surface area contributed by atoms with Crippen molar-refractivity contribution in [3.8, 4) is 11.5 Å². The number of nitrogens with one attached hydrogen (secondary N) is 1. The normalized spacial score (nSPS) is 10.5. The van der Waals surface area contributed by atoms with Gasteiger partial charge in [-0.15, -0.1) is 0 Å². The predicted octanol–water partition coefficient (Wildman–Crippen LogP) is 1.75. The quantitative estimate of drug-likeness (QED) is 0.453. The van der Waals surface area contributed by atoms with Crippen molar-refractivity contribution < 1.29 is 14.6 Å². The van der Waals surface area contributed by atoms with Crippen LogP contribution in [0.5, 0.6) is 11.5 Å². The van der Waals surface area contributed by atoms with Crippen LogP contribution >= 0.6 is 0 Å². The highest BCUT2D eigenvalue weighted by molar-refractivity contribution is 5.95. The van der Waals surface area contributed by atoms with Gasteiger partial charge in [0.15, 0.2) is 0 Å². The Morgan fingerprint density at radius 2 is 2.00 bits per heavy atom. The lowest BCUT2D eigenvalue weighted by molar-refractivity contribution is 0.0955. The number of ether oxygens (including phenoxy) is 1. The molecule has 0 unspecified atom stereocenters. The second-order valence-electron chi connectivity index (χ2n) is 4.25. The molecule has 6 nitrogen and oxygen atoms in total. The van der Waals surface area contributed by atoms with E-state index in [1.807, 2.05) is 0 Å². The molecule has 2 rings (SSSR count). The van der Waals surface area contributed by atoms with Crippen LogP contribution in [-0.2, 0) is 0 Å². The molecule has 1 amide bonds. The summed E-state index contributed by atoms with van der Waals surface area (Å²) in [6.07, 6.45) is 1.35. The Morgan fingerprint density at radius 1 is 1.29 bits per heavy atom. The number of phenolic OH excluding ortho intramolecular Hbond substituents is 1. The number of phenols is 1. The molecule has 0 atom stereocenters. The molecule has 21 heavy (non-hydrogen) atoms. The summed E-state index contributed by atoms with van der Waals surface area (Å²) in [6.45, 7) is 0. The Morgan fingerprint density at radius 3 is 2.62 bits per heavy atom. The van der Waals surface area contributed by atoms with E-state index in [2.05, 4.69) is 10.5 Å². The number of methoxy groups -OCH3 is 1. The van der Waals surface area contributed by atoms with Crippen molar-refractivity contribution in [1.82, 2.24) is 5.43 Å². The summed E-state index contributed by atoms with van der Waals surface area (Å²) in [6, 6.07) is 11.2. The fourth-order valence-corrected chi connectivity index (χ4v) is 1.62. The lowest BCUT2D eigenvalue weighted by atomic mass is 10.2. The first kappa shape index (κ1) is 14.4. The van der Waals surface area contributed by atoms with Gasteiger partial charge in [-0.3, -0.25) is 4.79 Å². The number of nitrogen functional groups attached to an aromatic ring is 1. The number of hydrazone groups is 1. The van der Waals surface area contributed by atoms with Gasteiger partial charge < -0.3 is 15.6 Å². The number of benzene rings is 2. The van der Waals surface area contributed by atoms with E-state index in [1.54, 1.807) is 36.4 Å². The average molecular weight is 285 g/mol. The van der Waals surface area contributed by atoms with Gasteiger partial charge in [0.05, 0.1) is 13.3 Å². The molecule has 0 saturated heterocycles. The minimum absolute atomic E-state index is 0.0137. The van der Waals surface area contributed by atoms with E-state index >= 15 is 0 Å². The lowest BCUT2D eigenvalue weighted by Gasteiger charge is -2.03. The summed E-state index contributed by atoms with van der Waals surface area (Å²) in [7, 11) is 1.51. The van der Waals surface area contributed by atoms with Crippen LogP contribution in [-0.4, -0.2) is 24.3 Å². The van der Waals surface area contributed by atoms with Crippen LogP contribution in [0.15, 0.2) is 47.6 Å². The largest absolute Gasteiger partial charge is 0.507 e. The van der Waals surface area contributed by atoms with Gasteiger partial charge in [0, 0.05) is 22.9 Å². The van der Waals surface area contributed by atoms with Crippen LogP contribution in [0.2, 0.25) is 0 Å². The zero-order valence-electron chi connectivity index (χ0n) is 11.4. The Hall–Kier alpha value is -3.02. The number of carbonyl (C=O) groups is 1. The summed E-state index contributed by atoms with van der Waals surface area (Å²) >= 11 is 0. The Kier molecular flexibility index (Phi) is 4.40. The van der Waals surface area contributed by atoms with Crippen molar-refractivity contribution in [2.45, 2.75) is 0 Å². The van der Waals surface area contributed by atoms with Gasteiger partial charge >= 0.3 is 0 Å². The van der Waals surface area contributed by atoms with E-state index in [-0.39, 0.29) is 11.7 Å². The van der Waals surface area contributed by atoms with E-state index in [0.717, 1.165) is 0 Å². The molecule has 0 aliphatic heterocycles. The van der Waals surface area contributed by atoms with Crippen molar-refractivity contribution in [1.29, 1.82) is 0 Å². The zero-order valence-corrected chi connectivity index (χ0v) is 11.4. The number of carbonyl (C=O) groups excluding carboxylic acids is 1. The molecule has 0 aliphatic rings. The number of rotatable bonds is 4. The van der Waals surface area contributed by atoms with Crippen LogP contribution in [0.3, 0.4) is 0 Å². The fraction of sp³-hybridized carbons (Fsp3) is 0.0667. The molecular weight excluding hydrogens is 270 g/mol. The zero-order chi connectivity index (χ0) is 15.2. The van der Waals surface area contributed by atoms with E-state index < -0.39 is 0 Å². The topological polar surface area (TPSA) is 96.9 Å².